The van der Waals surface area contributed by atoms with Gasteiger partial charge < -0.3 is 9.63 Å². The molecule has 0 atom stereocenters. The Morgan fingerprint density at radius 2 is 2.05 bits per heavy atom. The van der Waals surface area contributed by atoms with Crippen LogP contribution in [0, 0.1) is 6.92 Å². The average molecular weight is 272 g/mol. The first-order valence-electron chi connectivity index (χ1n) is 5.04. The van der Waals surface area contributed by atoms with Crippen LogP contribution in [0.5, 0.6) is 0 Å². The summed E-state index contributed by atoms with van der Waals surface area (Å²) in [6.07, 6.45) is -3.61. The molecule has 0 bridgehead atoms. The van der Waals surface area contributed by atoms with Crippen LogP contribution in [0.1, 0.15) is 21.7 Å². The minimum Gasteiger partial charge on any atom is -0.475 e. The predicted molar refractivity (Wildman–Crippen MR) is 56.4 cm³/mol. The zero-order chi connectivity index (χ0) is 14.2. The van der Waals surface area contributed by atoms with E-state index in [9.17, 15) is 18.0 Å². The zero-order valence-corrected chi connectivity index (χ0v) is 9.52. The molecule has 2 rings (SSSR count). The number of aryl methyl sites for hydroxylation is 1. The Morgan fingerprint density at radius 1 is 1.37 bits per heavy atom. The number of alkyl halides is 3. The second-order valence-corrected chi connectivity index (χ2v) is 3.71. The number of hydrogen-bond acceptors (Lipinski definition) is 4. The molecule has 2 aromatic rings. The first-order valence-corrected chi connectivity index (χ1v) is 5.04. The lowest BCUT2D eigenvalue weighted by molar-refractivity contribution is -0.138. The molecule has 0 saturated carbocycles. The molecule has 19 heavy (non-hydrogen) atoms. The quantitative estimate of drug-likeness (QED) is 0.909. The molecular formula is C11H7F3N2O3. The van der Waals surface area contributed by atoms with E-state index in [0.717, 1.165) is 0 Å². The molecule has 1 N–H and O–H groups in total. The van der Waals surface area contributed by atoms with E-state index in [2.05, 4.69) is 14.7 Å². The summed E-state index contributed by atoms with van der Waals surface area (Å²) in [5.41, 5.74) is -1.69. The third-order valence-corrected chi connectivity index (χ3v) is 2.40. The van der Waals surface area contributed by atoms with Crippen LogP contribution in [0.4, 0.5) is 13.2 Å². The summed E-state index contributed by atoms with van der Waals surface area (Å²) in [4.78, 5) is 14.5. The normalized spacial score (nSPS) is 11.6. The van der Waals surface area contributed by atoms with Gasteiger partial charge in [-0.05, 0) is 18.6 Å². The first-order chi connectivity index (χ1) is 8.82. The second-order valence-electron chi connectivity index (χ2n) is 3.71. The van der Waals surface area contributed by atoms with Gasteiger partial charge in [-0.1, -0.05) is 11.2 Å². The van der Waals surface area contributed by atoms with Gasteiger partial charge in [-0.3, -0.25) is 4.98 Å². The van der Waals surface area contributed by atoms with E-state index < -0.39 is 29.2 Å². The number of rotatable bonds is 2. The molecule has 100 valence electrons. The average Bonchev–Trinajstić information content (AvgIpc) is 2.73. The summed E-state index contributed by atoms with van der Waals surface area (Å²) >= 11 is 0. The van der Waals surface area contributed by atoms with Gasteiger partial charge in [-0.25, -0.2) is 4.79 Å². The Morgan fingerprint density at radius 3 is 2.58 bits per heavy atom. The van der Waals surface area contributed by atoms with Gasteiger partial charge in [0.25, 0.3) is 5.76 Å². The molecular weight excluding hydrogens is 265 g/mol. The standard InChI is InChI=1S/C11H7F3N2O3/c1-5-3-2-4-15-7(5)8-6(11(12,13)14)9(10(17)18)19-16-8/h2-4H,1H3,(H,17,18). The number of hydrogen-bond donors (Lipinski definition) is 1. The fourth-order valence-electron chi connectivity index (χ4n) is 1.59. The highest BCUT2D eigenvalue weighted by atomic mass is 19.4. The van der Waals surface area contributed by atoms with Crippen LogP contribution in [0.15, 0.2) is 22.9 Å². The number of pyridine rings is 1. The van der Waals surface area contributed by atoms with Gasteiger partial charge in [0.05, 0.1) is 5.69 Å². The van der Waals surface area contributed by atoms with Crippen LogP contribution in [0.2, 0.25) is 0 Å². The van der Waals surface area contributed by atoms with Crippen molar-refractivity contribution in [2.75, 3.05) is 0 Å². The van der Waals surface area contributed by atoms with Crippen molar-refractivity contribution < 1.29 is 27.6 Å². The highest BCUT2D eigenvalue weighted by molar-refractivity contribution is 5.88. The second kappa shape index (κ2) is 4.38. The summed E-state index contributed by atoms with van der Waals surface area (Å²) < 4.78 is 43.1. The molecule has 0 aliphatic carbocycles. The van der Waals surface area contributed by atoms with Crippen LogP contribution < -0.4 is 0 Å². The Kier molecular flexibility index (Phi) is 3.01. The van der Waals surface area contributed by atoms with Crippen LogP contribution in [-0.4, -0.2) is 21.2 Å². The van der Waals surface area contributed by atoms with Crippen LogP contribution in [-0.2, 0) is 6.18 Å². The van der Waals surface area contributed by atoms with Crippen LogP contribution >= 0.6 is 0 Å². The summed E-state index contributed by atoms with van der Waals surface area (Å²) in [5.74, 6) is -3.08. The number of carboxylic acids is 1. The summed E-state index contributed by atoms with van der Waals surface area (Å²) in [6.45, 7) is 1.54. The van der Waals surface area contributed by atoms with Gasteiger partial charge in [0.1, 0.15) is 11.3 Å². The molecule has 0 unspecified atom stereocenters. The maximum Gasteiger partial charge on any atom is 0.422 e. The number of halogens is 3. The van der Waals surface area contributed by atoms with Crippen molar-refractivity contribution in [1.29, 1.82) is 0 Å². The van der Waals surface area contributed by atoms with Crippen molar-refractivity contribution in [2.45, 2.75) is 13.1 Å². The van der Waals surface area contributed by atoms with Gasteiger partial charge >= 0.3 is 12.1 Å². The smallest absolute Gasteiger partial charge is 0.422 e. The first kappa shape index (κ1) is 13.1. The van der Waals surface area contributed by atoms with E-state index in [1.807, 2.05) is 0 Å². The fourth-order valence-corrected chi connectivity index (χ4v) is 1.59. The molecule has 8 heteroatoms. The largest absolute Gasteiger partial charge is 0.475 e. The van der Waals surface area contributed by atoms with Crippen molar-refractivity contribution in [1.82, 2.24) is 10.1 Å². The van der Waals surface area contributed by atoms with E-state index >= 15 is 0 Å². The molecule has 0 radical (unpaired) electrons. The number of aromatic nitrogens is 2. The lowest BCUT2D eigenvalue weighted by atomic mass is 10.1. The minimum atomic E-state index is -4.90. The Bertz CT molecular complexity index is 634. The van der Waals surface area contributed by atoms with Crippen molar-refractivity contribution in [3.8, 4) is 11.4 Å². The van der Waals surface area contributed by atoms with Crippen molar-refractivity contribution in [3.05, 3.63) is 35.2 Å². The Balaban J connectivity index is 2.73. The topological polar surface area (TPSA) is 76.2 Å². The Hall–Kier alpha value is -2.38. The fraction of sp³-hybridized carbons (Fsp3) is 0.182. The van der Waals surface area contributed by atoms with E-state index in [-0.39, 0.29) is 5.69 Å². The molecule has 2 heterocycles. The van der Waals surface area contributed by atoms with Gasteiger partial charge in [0.15, 0.2) is 0 Å². The third kappa shape index (κ3) is 2.28. The Labute approximate surface area is 104 Å². The van der Waals surface area contributed by atoms with Crippen molar-refractivity contribution in [2.24, 2.45) is 0 Å². The molecule has 0 fully saturated rings. The number of aromatic carboxylic acids is 1. The summed E-state index contributed by atoms with van der Waals surface area (Å²) in [7, 11) is 0. The lowest BCUT2D eigenvalue weighted by Crippen LogP contribution is -2.12. The monoisotopic (exact) mass is 272 g/mol. The van der Waals surface area contributed by atoms with E-state index in [1.54, 1.807) is 6.07 Å². The van der Waals surface area contributed by atoms with Gasteiger partial charge in [-0.15, -0.1) is 0 Å². The SMILES string of the molecule is Cc1cccnc1-c1noc(C(=O)O)c1C(F)(F)F. The van der Waals surface area contributed by atoms with Gasteiger partial charge in [-0.2, -0.15) is 13.2 Å². The van der Waals surface area contributed by atoms with Gasteiger partial charge in [0, 0.05) is 6.20 Å². The lowest BCUT2D eigenvalue weighted by Gasteiger charge is -2.07. The number of carbonyl (C=O) groups is 1. The molecule has 2 aromatic heterocycles. The van der Waals surface area contributed by atoms with Crippen LogP contribution in [0.25, 0.3) is 11.4 Å². The predicted octanol–water partition coefficient (Wildman–Crippen LogP) is 2.76. The van der Waals surface area contributed by atoms with Crippen molar-refractivity contribution in [3.63, 3.8) is 0 Å². The number of nitrogens with zero attached hydrogens (tertiary/aromatic N) is 2. The summed E-state index contributed by atoms with van der Waals surface area (Å²) in [5, 5.41) is 11.9. The molecule has 0 saturated heterocycles. The maximum absolute atomic E-state index is 12.9. The molecule has 0 aliphatic heterocycles. The zero-order valence-electron chi connectivity index (χ0n) is 9.52. The van der Waals surface area contributed by atoms with Crippen molar-refractivity contribution >= 4 is 5.97 Å². The molecule has 0 aliphatic rings. The minimum absolute atomic E-state index is 0.0638. The molecule has 0 aromatic carbocycles. The van der Waals surface area contributed by atoms with E-state index in [1.165, 1.54) is 19.2 Å². The molecule has 0 amide bonds. The highest BCUT2D eigenvalue weighted by Gasteiger charge is 2.43. The highest BCUT2D eigenvalue weighted by Crippen LogP contribution is 2.39. The maximum atomic E-state index is 12.9. The van der Waals surface area contributed by atoms with E-state index in [0.29, 0.717) is 5.56 Å². The third-order valence-electron chi connectivity index (χ3n) is 2.40. The van der Waals surface area contributed by atoms with E-state index in [4.69, 9.17) is 5.11 Å². The number of carboxylic acid groups (broad SMARTS) is 1. The summed E-state index contributed by atoms with van der Waals surface area (Å²) in [6, 6.07) is 3.09. The van der Waals surface area contributed by atoms with Crippen LogP contribution in [0.3, 0.4) is 0 Å². The molecule has 5 nitrogen and oxygen atoms in total. The van der Waals surface area contributed by atoms with Gasteiger partial charge in [0.2, 0.25) is 0 Å². The molecule has 0 spiro atoms.